The van der Waals surface area contributed by atoms with Crippen LogP contribution >= 0.6 is 0 Å². The predicted molar refractivity (Wildman–Crippen MR) is 78.2 cm³/mol. The number of nitrogens with zero attached hydrogens (tertiary/aromatic N) is 1. The number of ether oxygens (including phenoxy) is 1. The minimum absolute atomic E-state index is 0.0136. The molecule has 0 radical (unpaired) electrons. The number of carbonyl (C=O) groups is 2. The highest BCUT2D eigenvalue weighted by molar-refractivity contribution is 5.81. The fraction of sp³-hybridized carbons (Fsp3) is 0.800. The van der Waals surface area contributed by atoms with Crippen molar-refractivity contribution >= 4 is 11.8 Å². The zero-order chi connectivity index (χ0) is 15.5. The van der Waals surface area contributed by atoms with E-state index in [0.29, 0.717) is 25.5 Å². The molecule has 1 aliphatic rings. The van der Waals surface area contributed by atoms with Crippen LogP contribution in [0.4, 0.5) is 0 Å². The molecule has 0 aliphatic heterocycles. The Kier molecular flexibility index (Phi) is 8.44. The van der Waals surface area contributed by atoms with Crippen LogP contribution in [0, 0.1) is 23.2 Å². The molecule has 0 spiro atoms. The average molecular weight is 295 g/mol. The molecule has 6 nitrogen and oxygen atoms in total. The summed E-state index contributed by atoms with van der Waals surface area (Å²) in [6.45, 7) is 0.727. The maximum Gasteiger partial charge on any atom is 0.225 e. The van der Waals surface area contributed by atoms with Gasteiger partial charge in [-0.15, -0.1) is 0 Å². The SMILES string of the molecule is COCCC(=O)NCC(C(=O)NCC#N)C1CCCCC1. The fourth-order valence-corrected chi connectivity index (χ4v) is 2.77. The number of nitriles is 1. The maximum absolute atomic E-state index is 12.2. The maximum atomic E-state index is 12.2. The molecule has 6 heteroatoms. The largest absolute Gasteiger partial charge is 0.384 e. The van der Waals surface area contributed by atoms with Gasteiger partial charge >= 0.3 is 0 Å². The van der Waals surface area contributed by atoms with Crippen LogP contribution in [0.15, 0.2) is 0 Å². The van der Waals surface area contributed by atoms with Gasteiger partial charge in [0.1, 0.15) is 6.54 Å². The molecule has 2 N–H and O–H groups in total. The van der Waals surface area contributed by atoms with Gasteiger partial charge in [-0.05, 0) is 18.8 Å². The standard InChI is InChI=1S/C15H25N3O3/c1-21-10-7-14(19)18-11-13(15(20)17-9-8-16)12-5-3-2-4-6-12/h12-13H,2-7,9-11H2,1H3,(H,17,20)(H,18,19). The minimum atomic E-state index is -0.245. The van der Waals surface area contributed by atoms with E-state index in [9.17, 15) is 9.59 Å². The molecular formula is C15H25N3O3. The molecule has 0 bridgehead atoms. The number of carbonyl (C=O) groups excluding carboxylic acids is 2. The second-order valence-corrected chi connectivity index (χ2v) is 5.43. The molecule has 1 unspecified atom stereocenters. The molecule has 118 valence electrons. The van der Waals surface area contributed by atoms with Crippen LogP contribution in [0.2, 0.25) is 0 Å². The van der Waals surface area contributed by atoms with Crippen LogP contribution < -0.4 is 10.6 Å². The Morgan fingerprint density at radius 1 is 1.29 bits per heavy atom. The van der Waals surface area contributed by atoms with E-state index in [0.717, 1.165) is 25.7 Å². The number of amides is 2. The molecule has 0 aromatic heterocycles. The van der Waals surface area contributed by atoms with Crippen molar-refractivity contribution in [2.24, 2.45) is 11.8 Å². The second kappa shape index (κ2) is 10.2. The Balaban J connectivity index is 2.52. The lowest BCUT2D eigenvalue weighted by molar-refractivity contribution is -0.127. The van der Waals surface area contributed by atoms with E-state index in [2.05, 4.69) is 10.6 Å². The summed E-state index contributed by atoms with van der Waals surface area (Å²) in [5.74, 6) is -0.188. The summed E-state index contributed by atoms with van der Waals surface area (Å²) < 4.78 is 4.86. The zero-order valence-electron chi connectivity index (χ0n) is 12.7. The van der Waals surface area contributed by atoms with Crippen molar-refractivity contribution in [2.75, 3.05) is 26.8 Å². The molecule has 0 aromatic carbocycles. The summed E-state index contributed by atoms with van der Waals surface area (Å²) in [5.41, 5.74) is 0. The van der Waals surface area contributed by atoms with Crippen molar-refractivity contribution in [3.05, 3.63) is 0 Å². The van der Waals surface area contributed by atoms with Gasteiger partial charge in [-0.1, -0.05) is 19.3 Å². The van der Waals surface area contributed by atoms with E-state index in [1.54, 1.807) is 7.11 Å². The van der Waals surface area contributed by atoms with Crippen molar-refractivity contribution in [3.8, 4) is 6.07 Å². The van der Waals surface area contributed by atoms with Gasteiger partial charge in [0.05, 0.1) is 18.6 Å². The van der Waals surface area contributed by atoms with Gasteiger partial charge < -0.3 is 15.4 Å². The first-order chi connectivity index (χ1) is 10.2. The van der Waals surface area contributed by atoms with Gasteiger partial charge in [-0.2, -0.15) is 5.26 Å². The summed E-state index contributed by atoms with van der Waals surface area (Å²) in [5, 5.41) is 14.0. The fourth-order valence-electron chi connectivity index (χ4n) is 2.77. The van der Waals surface area contributed by atoms with Gasteiger partial charge in [0.25, 0.3) is 0 Å². The van der Waals surface area contributed by atoms with E-state index >= 15 is 0 Å². The highest BCUT2D eigenvalue weighted by Crippen LogP contribution is 2.30. The third kappa shape index (κ3) is 6.58. The summed E-state index contributed by atoms with van der Waals surface area (Å²) in [4.78, 5) is 23.8. The van der Waals surface area contributed by atoms with Gasteiger partial charge in [-0.3, -0.25) is 9.59 Å². The number of nitrogens with one attached hydrogen (secondary N) is 2. The number of methoxy groups -OCH3 is 1. The third-order valence-electron chi connectivity index (χ3n) is 3.95. The highest BCUT2D eigenvalue weighted by Gasteiger charge is 2.29. The zero-order valence-corrected chi connectivity index (χ0v) is 12.7. The van der Waals surface area contributed by atoms with E-state index < -0.39 is 0 Å². The average Bonchev–Trinajstić information content (AvgIpc) is 2.52. The van der Waals surface area contributed by atoms with E-state index in [1.165, 1.54) is 6.42 Å². The molecule has 1 saturated carbocycles. The summed E-state index contributed by atoms with van der Waals surface area (Å²) in [7, 11) is 1.55. The molecule has 2 amide bonds. The smallest absolute Gasteiger partial charge is 0.225 e. The van der Waals surface area contributed by atoms with Crippen LogP contribution in [0.1, 0.15) is 38.5 Å². The van der Waals surface area contributed by atoms with Crippen molar-refractivity contribution in [3.63, 3.8) is 0 Å². The lowest BCUT2D eigenvalue weighted by Gasteiger charge is -2.29. The topological polar surface area (TPSA) is 91.2 Å². The minimum Gasteiger partial charge on any atom is -0.384 e. The van der Waals surface area contributed by atoms with Gasteiger partial charge in [-0.25, -0.2) is 0 Å². The summed E-state index contributed by atoms with van der Waals surface area (Å²) in [6, 6.07) is 1.91. The molecule has 0 saturated heterocycles. The van der Waals surface area contributed by atoms with Crippen molar-refractivity contribution in [1.82, 2.24) is 10.6 Å². The lowest BCUT2D eigenvalue weighted by atomic mass is 9.79. The van der Waals surface area contributed by atoms with Crippen LogP contribution in [0.3, 0.4) is 0 Å². The summed E-state index contributed by atoms with van der Waals surface area (Å²) >= 11 is 0. The Labute approximate surface area is 126 Å². The van der Waals surface area contributed by atoms with E-state index in [4.69, 9.17) is 10.00 Å². The monoisotopic (exact) mass is 295 g/mol. The summed E-state index contributed by atoms with van der Waals surface area (Å²) in [6.07, 6.45) is 5.79. The number of hydrogen-bond donors (Lipinski definition) is 2. The van der Waals surface area contributed by atoms with Gasteiger partial charge in [0, 0.05) is 20.1 Å². The first-order valence-electron chi connectivity index (χ1n) is 7.59. The molecule has 1 rings (SSSR count). The van der Waals surface area contributed by atoms with E-state index in [1.807, 2.05) is 6.07 Å². The normalized spacial score (nSPS) is 16.8. The molecule has 0 aromatic rings. The van der Waals surface area contributed by atoms with Crippen LogP contribution in [0.5, 0.6) is 0 Å². The van der Waals surface area contributed by atoms with Crippen molar-refractivity contribution < 1.29 is 14.3 Å². The number of rotatable bonds is 8. The van der Waals surface area contributed by atoms with Gasteiger partial charge in [0.2, 0.25) is 11.8 Å². The molecule has 1 aliphatic carbocycles. The predicted octanol–water partition coefficient (Wildman–Crippen LogP) is 0.975. The second-order valence-electron chi connectivity index (χ2n) is 5.43. The van der Waals surface area contributed by atoms with Crippen LogP contribution in [-0.2, 0) is 14.3 Å². The quantitative estimate of drug-likeness (QED) is 0.653. The Morgan fingerprint density at radius 3 is 2.62 bits per heavy atom. The highest BCUT2D eigenvalue weighted by atomic mass is 16.5. The van der Waals surface area contributed by atoms with Gasteiger partial charge in [0.15, 0.2) is 0 Å². The van der Waals surface area contributed by atoms with E-state index in [-0.39, 0.29) is 24.3 Å². The lowest BCUT2D eigenvalue weighted by Crippen LogP contribution is -2.43. The first kappa shape index (κ1) is 17.4. The van der Waals surface area contributed by atoms with Crippen LogP contribution in [0.25, 0.3) is 0 Å². The Hall–Kier alpha value is -1.61. The molecule has 0 heterocycles. The molecule has 21 heavy (non-hydrogen) atoms. The molecular weight excluding hydrogens is 270 g/mol. The Morgan fingerprint density at radius 2 is 2.00 bits per heavy atom. The van der Waals surface area contributed by atoms with Crippen LogP contribution in [-0.4, -0.2) is 38.6 Å². The van der Waals surface area contributed by atoms with Crippen molar-refractivity contribution in [2.45, 2.75) is 38.5 Å². The molecule has 1 fully saturated rings. The molecule has 1 atom stereocenters. The number of hydrogen-bond acceptors (Lipinski definition) is 4. The van der Waals surface area contributed by atoms with Crippen molar-refractivity contribution in [1.29, 1.82) is 5.26 Å². The third-order valence-corrected chi connectivity index (χ3v) is 3.95. The first-order valence-corrected chi connectivity index (χ1v) is 7.59. The Bertz CT molecular complexity index is 373.